The Labute approximate surface area is 145 Å². The van der Waals surface area contributed by atoms with E-state index in [1.807, 2.05) is 48.8 Å². The fourth-order valence-electron chi connectivity index (χ4n) is 3.26. The molecule has 126 valence electrons. The van der Waals surface area contributed by atoms with Crippen molar-refractivity contribution in [2.24, 2.45) is 0 Å². The Balaban J connectivity index is 2.06. The zero-order valence-corrected chi connectivity index (χ0v) is 14.3. The van der Waals surface area contributed by atoms with Gasteiger partial charge in [0.15, 0.2) is 11.5 Å². The third-order valence-corrected chi connectivity index (χ3v) is 4.38. The molecular formula is C20H18N2O3. The van der Waals surface area contributed by atoms with Crippen LogP contribution in [0.3, 0.4) is 0 Å². The van der Waals surface area contributed by atoms with Crippen LogP contribution >= 0.6 is 0 Å². The summed E-state index contributed by atoms with van der Waals surface area (Å²) in [6.07, 6.45) is 3.84. The Kier molecular flexibility index (Phi) is 3.69. The van der Waals surface area contributed by atoms with Gasteiger partial charge in [-0.2, -0.15) is 0 Å². The van der Waals surface area contributed by atoms with Crippen LogP contribution in [0.1, 0.15) is 0 Å². The lowest BCUT2D eigenvalue weighted by Gasteiger charge is -2.15. The highest BCUT2D eigenvalue weighted by atomic mass is 16.5. The number of pyridine rings is 1. The van der Waals surface area contributed by atoms with Crippen LogP contribution in [0.4, 0.5) is 0 Å². The summed E-state index contributed by atoms with van der Waals surface area (Å²) in [4.78, 5) is 4.44. The average Bonchev–Trinajstić information content (AvgIpc) is 3.09. The fraction of sp³-hybridized carbons (Fsp3) is 0.150. The van der Waals surface area contributed by atoms with Gasteiger partial charge in [0.05, 0.1) is 38.1 Å². The highest BCUT2D eigenvalue weighted by Gasteiger charge is 2.19. The van der Waals surface area contributed by atoms with Crippen molar-refractivity contribution in [2.75, 3.05) is 21.3 Å². The molecule has 0 aliphatic heterocycles. The third kappa shape index (κ3) is 2.28. The first-order valence-electron chi connectivity index (χ1n) is 7.92. The number of nitrogens with zero attached hydrogens (tertiary/aromatic N) is 2. The summed E-state index contributed by atoms with van der Waals surface area (Å²) in [7, 11) is 4.87. The normalized spacial score (nSPS) is 11.0. The summed E-state index contributed by atoms with van der Waals surface area (Å²) in [5, 5.41) is 2.04. The molecule has 25 heavy (non-hydrogen) atoms. The van der Waals surface area contributed by atoms with E-state index in [0.717, 1.165) is 27.5 Å². The second kappa shape index (κ2) is 6.02. The smallest absolute Gasteiger partial charge is 0.204 e. The first kappa shape index (κ1) is 15.3. The predicted molar refractivity (Wildman–Crippen MR) is 98.2 cm³/mol. The molecule has 0 fully saturated rings. The number of para-hydroxylation sites is 1. The minimum Gasteiger partial charge on any atom is -0.493 e. The SMILES string of the molecule is COc1cc2c(ccn2-c2ccnc3ccccc23)c(OC)c1OC. The van der Waals surface area contributed by atoms with Gasteiger partial charge in [0.25, 0.3) is 0 Å². The fourth-order valence-corrected chi connectivity index (χ4v) is 3.26. The molecule has 0 aliphatic carbocycles. The molecule has 0 bridgehead atoms. The van der Waals surface area contributed by atoms with Gasteiger partial charge in [-0.25, -0.2) is 0 Å². The summed E-state index contributed by atoms with van der Waals surface area (Å²) >= 11 is 0. The molecule has 4 aromatic rings. The molecule has 2 aromatic heterocycles. The molecule has 0 atom stereocenters. The minimum atomic E-state index is 0.592. The highest BCUT2D eigenvalue weighted by molar-refractivity contribution is 5.95. The van der Waals surface area contributed by atoms with Crippen LogP contribution in [-0.2, 0) is 0 Å². The number of fused-ring (bicyclic) bond motifs is 2. The van der Waals surface area contributed by atoms with E-state index in [1.54, 1.807) is 21.3 Å². The van der Waals surface area contributed by atoms with Crippen molar-refractivity contribution < 1.29 is 14.2 Å². The first-order chi connectivity index (χ1) is 12.3. The van der Waals surface area contributed by atoms with E-state index in [4.69, 9.17) is 14.2 Å². The standard InChI is InChI=1S/C20H18N2O3/c1-23-18-12-17-14(19(24-2)20(18)25-3)9-11-22(17)16-8-10-21-15-7-5-4-6-13(15)16/h4-12H,1-3H3. The van der Waals surface area contributed by atoms with Crippen LogP contribution in [-0.4, -0.2) is 30.9 Å². The Morgan fingerprint density at radius 1 is 0.840 bits per heavy atom. The van der Waals surface area contributed by atoms with E-state index in [-0.39, 0.29) is 0 Å². The number of ether oxygens (including phenoxy) is 3. The maximum atomic E-state index is 5.60. The van der Waals surface area contributed by atoms with Crippen LogP contribution in [0.25, 0.3) is 27.5 Å². The molecule has 2 aromatic carbocycles. The van der Waals surface area contributed by atoms with E-state index < -0.39 is 0 Å². The molecular weight excluding hydrogens is 316 g/mol. The molecule has 0 unspecified atom stereocenters. The molecule has 2 heterocycles. The van der Waals surface area contributed by atoms with Crippen molar-refractivity contribution >= 4 is 21.8 Å². The van der Waals surface area contributed by atoms with Gasteiger partial charge in [-0.15, -0.1) is 0 Å². The number of hydrogen-bond acceptors (Lipinski definition) is 4. The molecule has 0 spiro atoms. The van der Waals surface area contributed by atoms with E-state index in [2.05, 4.69) is 15.6 Å². The van der Waals surface area contributed by atoms with Crippen molar-refractivity contribution in [3.05, 3.63) is 54.9 Å². The molecule has 5 heteroatoms. The van der Waals surface area contributed by atoms with Crippen LogP contribution in [0, 0.1) is 0 Å². The summed E-state index contributed by atoms with van der Waals surface area (Å²) in [6.45, 7) is 0. The van der Waals surface area contributed by atoms with Crippen LogP contribution in [0.2, 0.25) is 0 Å². The molecule has 0 N–H and O–H groups in total. The molecule has 0 saturated carbocycles. The molecule has 0 aliphatic rings. The van der Waals surface area contributed by atoms with Crippen LogP contribution in [0.15, 0.2) is 54.9 Å². The zero-order valence-electron chi connectivity index (χ0n) is 14.3. The minimum absolute atomic E-state index is 0.592. The Hall–Kier alpha value is -3.21. The van der Waals surface area contributed by atoms with Gasteiger partial charge >= 0.3 is 0 Å². The summed E-state index contributed by atoms with van der Waals surface area (Å²) in [6, 6.07) is 14.1. The second-order valence-electron chi connectivity index (χ2n) is 5.61. The maximum Gasteiger partial charge on any atom is 0.204 e. The Morgan fingerprint density at radius 3 is 2.40 bits per heavy atom. The van der Waals surface area contributed by atoms with Crippen molar-refractivity contribution in [2.45, 2.75) is 0 Å². The van der Waals surface area contributed by atoms with E-state index in [9.17, 15) is 0 Å². The highest BCUT2D eigenvalue weighted by Crippen LogP contribution is 2.44. The second-order valence-corrected chi connectivity index (χ2v) is 5.61. The lowest BCUT2D eigenvalue weighted by Crippen LogP contribution is -1.98. The van der Waals surface area contributed by atoms with Crippen LogP contribution in [0.5, 0.6) is 17.2 Å². The summed E-state index contributed by atoms with van der Waals surface area (Å²) in [5.74, 6) is 1.88. The monoisotopic (exact) mass is 334 g/mol. The quantitative estimate of drug-likeness (QED) is 0.561. The number of benzene rings is 2. The zero-order chi connectivity index (χ0) is 17.4. The van der Waals surface area contributed by atoms with Gasteiger partial charge in [0, 0.05) is 29.2 Å². The largest absolute Gasteiger partial charge is 0.493 e. The van der Waals surface area contributed by atoms with E-state index in [0.29, 0.717) is 17.2 Å². The molecule has 0 amide bonds. The van der Waals surface area contributed by atoms with Gasteiger partial charge < -0.3 is 18.8 Å². The Bertz CT molecular complexity index is 1060. The van der Waals surface area contributed by atoms with Crippen molar-refractivity contribution in [3.63, 3.8) is 0 Å². The van der Waals surface area contributed by atoms with Gasteiger partial charge in [0.2, 0.25) is 5.75 Å². The van der Waals surface area contributed by atoms with Crippen molar-refractivity contribution in [3.8, 4) is 22.9 Å². The molecule has 5 nitrogen and oxygen atoms in total. The number of aromatic nitrogens is 2. The van der Waals surface area contributed by atoms with Crippen molar-refractivity contribution in [1.82, 2.24) is 9.55 Å². The lowest BCUT2D eigenvalue weighted by molar-refractivity contribution is 0.327. The van der Waals surface area contributed by atoms with Gasteiger partial charge in [-0.05, 0) is 18.2 Å². The Morgan fingerprint density at radius 2 is 1.64 bits per heavy atom. The number of methoxy groups -OCH3 is 3. The van der Waals surface area contributed by atoms with E-state index in [1.165, 1.54) is 0 Å². The molecule has 0 saturated heterocycles. The average molecular weight is 334 g/mol. The van der Waals surface area contributed by atoms with Gasteiger partial charge in [0.1, 0.15) is 0 Å². The number of rotatable bonds is 4. The van der Waals surface area contributed by atoms with Gasteiger partial charge in [-0.3, -0.25) is 4.98 Å². The molecule has 4 rings (SSSR count). The maximum absolute atomic E-state index is 5.60. The molecule has 0 radical (unpaired) electrons. The number of hydrogen-bond donors (Lipinski definition) is 0. The summed E-state index contributed by atoms with van der Waals surface area (Å²) in [5.41, 5.74) is 2.98. The van der Waals surface area contributed by atoms with Crippen molar-refractivity contribution in [1.29, 1.82) is 0 Å². The van der Waals surface area contributed by atoms with Gasteiger partial charge in [-0.1, -0.05) is 18.2 Å². The first-order valence-corrected chi connectivity index (χ1v) is 7.92. The third-order valence-electron chi connectivity index (χ3n) is 4.38. The lowest BCUT2D eigenvalue weighted by atomic mass is 10.1. The summed E-state index contributed by atoms with van der Waals surface area (Å²) < 4.78 is 18.7. The topological polar surface area (TPSA) is 45.5 Å². The van der Waals surface area contributed by atoms with Crippen LogP contribution < -0.4 is 14.2 Å². The van der Waals surface area contributed by atoms with E-state index >= 15 is 0 Å². The predicted octanol–water partition coefficient (Wildman–Crippen LogP) is 4.20.